The Bertz CT molecular complexity index is 397. The number of ether oxygens (including phenoxy) is 1. The standard InChI is InChI=1S/C16H27NO2/c1-12-9-14(11-18-13-7-5-6-8-13)19-15(12)10-17-16(2,3)4/h9,13,17H,5-8,10-11H2,1-4H3. The van der Waals surface area contributed by atoms with Crippen LogP contribution in [-0.4, -0.2) is 11.6 Å². The van der Waals surface area contributed by atoms with Crippen molar-refractivity contribution in [2.24, 2.45) is 0 Å². The summed E-state index contributed by atoms with van der Waals surface area (Å²) >= 11 is 0. The SMILES string of the molecule is Cc1cc(COC2CCCC2)oc1CNC(C)(C)C. The van der Waals surface area contributed by atoms with Crippen molar-refractivity contribution < 1.29 is 9.15 Å². The van der Waals surface area contributed by atoms with Gasteiger partial charge < -0.3 is 14.5 Å². The van der Waals surface area contributed by atoms with Crippen LogP contribution in [0.1, 0.15) is 63.5 Å². The minimum absolute atomic E-state index is 0.111. The molecule has 0 aliphatic heterocycles. The molecule has 108 valence electrons. The predicted molar refractivity (Wildman–Crippen MR) is 77.1 cm³/mol. The van der Waals surface area contributed by atoms with E-state index in [1.54, 1.807) is 0 Å². The summed E-state index contributed by atoms with van der Waals surface area (Å²) in [5.41, 5.74) is 1.32. The lowest BCUT2D eigenvalue weighted by Crippen LogP contribution is -2.35. The lowest BCUT2D eigenvalue weighted by atomic mass is 10.1. The van der Waals surface area contributed by atoms with Crippen molar-refractivity contribution in [1.29, 1.82) is 0 Å². The van der Waals surface area contributed by atoms with E-state index in [0.717, 1.165) is 18.1 Å². The van der Waals surface area contributed by atoms with Gasteiger partial charge in [-0.15, -0.1) is 0 Å². The lowest BCUT2D eigenvalue weighted by molar-refractivity contribution is 0.0351. The van der Waals surface area contributed by atoms with Crippen LogP contribution in [0, 0.1) is 6.92 Å². The second kappa shape index (κ2) is 6.10. The van der Waals surface area contributed by atoms with Gasteiger partial charge in [-0.25, -0.2) is 0 Å². The van der Waals surface area contributed by atoms with E-state index in [1.807, 2.05) is 0 Å². The van der Waals surface area contributed by atoms with Gasteiger partial charge in [-0.1, -0.05) is 12.8 Å². The summed E-state index contributed by atoms with van der Waals surface area (Å²) in [6, 6.07) is 2.11. The van der Waals surface area contributed by atoms with Gasteiger partial charge in [-0.2, -0.15) is 0 Å². The van der Waals surface area contributed by atoms with E-state index in [9.17, 15) is 0 Å². The molecule has 0 atom stereocenters. The molecule has 3 nitrogen and oxygen atoms in total. The van der Waals surface area contributed by atoms with Crippen LogP contribution in [0.25, 0.3) is 0 Å². The molecule has 0 aromatic carbocycles. The van der Waals surface area contributed by atoms with E-state index in [4.69, 9.17) is 9.15 Å². The first-order valence-electron chi connectivity index (χ1n) is 7.39. The Kier molecular flexibility index (Phi) is 4.69. The van der Waals surface area contributed by atoms with Gasteiger partial charge >= 0.3 is 0 Å². The van der Waals surface area contributed by atoms with Crippen molar-refractivity contribution in [3.05, 3.63) is 23.2 Å². The molecule has 0 bridgehead atoms. The summed E-state index contributed by atoms with van der Waals surface area (Å²) in [7, 11) is 0. The Labute approximate surface area is 116 Å². The van der Waals surface area contributed by atoms with Gasteiger partial charge in [0.1, 0.15) is 18.1 Å². The number of hydrogen-bond donors (Lipinski definition) is 1. The Morgan fingerprint density at radius 2 is 2.00 bits per heavy atom. The fourth-order valence-corrected chi connectivity index (χ4v) is 2.44. The van der Waals surface area contributed by atoms with E-state index in [0.29, 0.717) is 12.7 Å². The second-order valence-corrected chi connectivity index (χ2v) is 6.64. The van der Waals surface area contributed by atoms with E-state index in [2.05, 4.69) is 39.1 Å². The molecule has 1 saturated carbocycles. The van der Waals surface area contributed by atoms with Crippen molar-refractivity contribution in [3.63, 3.8) is 0 Å². The average Bonchev–Trinajstić information content (AvgIpc) is 2.92. The maximum absolute atomic E-state index is 5.89. The van der Waals surface area contributed by atoms with Crippen LogP contribution in [0.5, 0.6) is 0 Å². The minimum Gasteiger partial charge on any atom is -0.462 e. The molecule has 3 heteroatoms. The molecule has 1 aromatic heterocycles. The molecule has 0 unspecified atom stereocenters. The molecule has 1 aliphatic rings. The van der Waals surface area contributed by atoms with Crippen LogP contribution in [-0.2, 0) is 17.9 Å². The van der Waals surface area contributed by atoms with Crippen molar-refractivity contribution >= 4 is 0 Å². The van der Waals surface area contributed by atoms with Crippen LogP contribution < -0.4 is 5.32 Å². The van der Waals surface area contributed by atoms with Crippen LogP contribution in [0.3, 0.4) is 0 Å². The van der Waals surface area contributed by atoms with Gasteiger partial charge in [-0.3, -0.25) is 0 Å². The van der Waals surface area contributed by atoms with Crippen molar-refractivity contribution in [2.75, 3.05) is 0 Å². The van der Waals surface area contributed by atoms with Crippen molar-refractivity contribution in [3.8, 4) is 0 Å². The highest BCUT2D eigenvalue weighted by atomic mass is 16.5. The van der Waals surface area contributed by atoms with Crippen molar-refractivity contribution in [2.45, 2.75) is 78.2 Å². The zero-order chi connectivity index (χ0) is 13.9. The third kappa shape index (κ3) is 4.66. The maximum atomic E-state index is 5.89. The third-order valence-corrected chi connectivity index (χ3v) is 3.61. The summed E-state index contributed by atoms with van der Waals surface area (Å²) in [6.45, 7) is 9.97. The first-order chi connectivity index (χ1) is 8.94. The number of hydrogen-bond acceptors (Lipinski definition) is 3. The molecule has 1 N–H and O–H groups in total. The van der Waals surface area contributed by atoms with Crippen molar-refractivity contribution in [1.82, 2.24) is 5.32 Å². The number of rotatable bonds is 5. The predicted octanol–water partition coefficient (Wildman–Crippen LogP) is 3.94. The minimum atomic E-state index is 0.111. The van der Waals surface area contributed by atoms with E-state index >= 15 is 0 Å². The smallest absolute Gasteiger partial charge is 0.130 e. The van der Waals surface area contributed by atoms with Gasteiger partial charge in [-0.05, 0) is 52.2 Å². The maximum Gasteiger partial charge on any atom is 0.130 e. The first-order valence-corrected chi connectivity index (χ1v) is 7.39. The Balaban J connectivity index is 1.85. The normalized spacial score (nSPS) is 17.3. The van der Waals surface area contributed by atoms with Crippen LogP contribution >= 0.6 is 0 Å². The average molecular weight is 265 g/mol. The number of aryl methyl sites for hydroxylation is 1. The Morgan fingerprint density at radius 1 is 1.32 bits per heavy atom. The Hall–Kier alpha value is -0.800. The fraction of sp³-hybridized carbons (Fsp3) is 0.750. The molecule has 19 heavy (non-hydrogen) atoms. The fourth-order valence-electron chi connectivity index (χ4n) is 2.44. The summed E-state index contributed by atoms with van der Waals surface area (Å²) in [5.74, 6) is 1.98. The van der Waals surface area contributed by atoms with Gasteiger partial charge in [0.2, 0.25) is 0 Å². The summed E-state index contributed by atoms with van der Waals surface area (Å²) in [4.78, 5) is 0. The van der Waals surface area contributed by atoms with Crippen LogP contribution in [0.4, 0.5) is 0 Å². The number of furan rings is 1. The first kappa shape index (κ1) is 14.6. The molecule has 1 aliphatic carbocycles. The zero-order valence-electron chi connectivity index (χ0n) is 12.7. The monoisotopic (exact) mass is 265 g/mol. The molecular weight excluding hydrogens is 238 g/mol. The summed E-state index contributed by atoms with van der Waals surface area (Å²) in [6.07, 6.45) is 5.48. The summed E-state index contributed by atoms with van der Waals surface area (Å²) in [5, 5.41) is 3.45. The topological polar surface area (TPSA) is 34.4 Å². The van der Waals surface area contributed by atoms with Gasteiger partial charge in [0.25, 0.3) is 0 Å². The van der Waals surface area contributed by atoms with Gasteiger partial charge in [0.15, 0.2) is 0 Å². The zero-order valence-corrected chi connectivity index (χ0v) is 12.7. The quantitative estimate of drug-likeness (QED) is 0.875. The second-order valence-electron chi connectivity index (χ2n) is 6.64. The van der Waals surface area contributed by atoms with E-state index in [-0.39, 0.29) is 5.54 Å². The van der Waals surface area contributed by atoms with E-state index < -0.39 is 0 Å². The molecular formula is C16H27NO2. The highest BCUT2D eigenvalue weighted by Crippen LogP contribution is 2.23. The lowest BCUT2D eigenvalue weighted by Gasteiger charge is -2.19. The molecule has 0 amide bonds. The highest BCUT2D eigenvalue weighted by Gasteiger charge is 2.17. The van der Waals surface area contributed by atoms with Crippen LogP contribution in [0.15, 0.2) is 10.5 Å². The van der Waals surface area contributed by atoms with Gasteiger partial charge in [0.05, 0.1) is 12.6 Å². The third-order valence-electron chi connectivity index (χ3n) is 3.61. The van der Waals surface area contributed by atoms with Gasteiger partial charge in [0, 0.05) is 5.54 Å². The molecule has 0 spiro atoms. The molecule has 0 saturated heterocycles. The molecule has 1 aromatic rings. The Morgan fingerprint density at radius 3 is 2.63 bits per heavy atom. The highest BCUT2D eigenvalue weighted by molar-refractivity contribution is 5.19. The largest absolute Gasteiger partial charge is 0.462 e. The molecule has 2 rings (SSSR count). The van der Waals surface area contributed by atoms with E-state index in [1.165, 1.54) is 31.2 Å². The summed E-state index contributed by atoms with van der Waals surface area (Å²) < 4.78 is 11.8. The molecule has 1 fully saturated rings. The molecule has 0 radical (unpaired) electrons. The number of nitrogens with one attached hydrogen (secondary N) is 1. The van der Waals surface area contributed by atoms with Crippen LogP contribution in [0.2, 0.25) is 0 Å². The molecule has 1 heterocycles.